The zero-order valence-electron chi connectivity index (χ0n) is 16.7. The summed E-state index contributed by atoms with van der Waals surface area (Å²) in [5.74, 6) is 0.910. The van der Waals surface area contributed by atoms with Crippen molar-refractivity contribution in [2.45, 2.75) is 19.5 Å². The van der Waals surface area contributed by atoms with Gasteiger partial charge >= 0.3 is 0 Å². The minimum atomic E-state index is -0.289. The number of amides is 1. The molecule has 3 atom stereocenters. The van der Waals surface area contributed by atoms with Gasteiger partial charge in [-0.25, -0.2) is 9.37 Å². The highest BCUT2D eigenvalue weighted by atomic mass is 19.1. The largest absolute Gasteiger partial charge is 0.355 e. The summed E-state index contributed by atoms with van der Waals surface area (Å²) in [6, 6.07) is 8.16. The first-order valence-corrected chi connectivity index (χ1v) is 10.2. The maximum absolute atomic E-state index is 14.1. The second-order valence-corrected chi connectivity index (χ2v) is 7.91. The molecule has 30 heavy (non-hydrogen) atoms. The lowest BCUT2D eigenvalue weighted by Crippen LogP contribution is -2.36. The second kappa shape index (κ2) is 7.51. The average molecular weight is 406 g/mol. The fourth-order valence-electron chi connectivity index (χ4n) is 4.81. The number of benzene rings is 1. The van der Waals surface area contributed by atoms with Crippen LogP contribution in [0.3, 0.4) is 0 Å². The normalized spacial score (nSPS) is 23.1. The van der Waals surface area contributed by atoms with Crippen molar-refractivity contribution in [3.63, 3.8) is 0 Å². The topological polar surface area (TPSA) is 67.2 Å². The van der Waals surface area contributed by atoms with E-state index in [1.54, 1.807) is 41.5 Å². The molecule has 0 spiro atoms. The quantitative estimate of drug-likeness (QED) is 0.667. The summed E-state index contributed by atoms with van der Waals surface area (Å²) in [6.07, 6.45) is 6.93. The van der Waals surface area contributed by atoms with E-state index in [0.717, 1.165) is 24.5 Å². The molecule has 2 aliphatic heterocycles. The van der Waals surface area contributed by atoms with Crippen LogP contribution in [0.2, 0.25) is 0 Å². The molecule has 2 aromatic heterocycles. The summed E-state index contributed by atoms with van der Waals surface area (Å²) in [5.41, 5.74) is 1.26. The number of halogens is 1. The molecule has 2 saturated heterocycles. The number of rotatable bonds is 4. The monoisotopic (exact) mass is 406 g/mol. The predicted octanol–water partition coefficient (Wildman–Crippen LogP) is 2.78. The van der Waals surface area contributed by atoms with Gasteiger partial charge in [-0.2, -0.15) is 5.10 Å². The van der Waals surface area contributed by atoms with E-state index in [4.69, 9.17) is 0 Å². The molecule has 0 unspecified atom stereocenters. The van der Waals surface area contributed by atoms with E-state index in [2.05, 4.69) is 20.0 Å². The third kappa shape index (κ3) is 3.22. The molecular formula is C22H23FN6O. The number of hydrogen-bond acceptors (Lipinski definition) is 5. The van der Waals surface area contributed by atoms with E-state index in [9.17, 15) is 9.18 Å². The molecule has 7 nitrogen and oxygen atoms in total. The minimum Gasteiger partial charge on any atom is -0.355 e. The first-order chi connectivity index (χ1) is 14.6. The van der Waals surface area contributed by atoms with Gasteiger partial charge in [0.15, 0.2) is 0 Å². The molecule has 3 aromatic rings. The van der Waals surface area contributed by atoms with Crippen molar-refractivity contribution in [2.24, 2.45) is 11.8 Å². The summed E-state index contributed by atoms with van der Waals surface area (Å²) >= 11 is 0. The summed E-state index contributed by atoms with van der Waals surface area (Å²) < 4.78 is 15.8. The summed E-state index contributed by atoms with van der Waals surface area (Å²) in [4.78, 5) is 26.0. The van der Waals surface area contributed by atoms with Crippen LogP contribution in [-0.2, 0) is 6.54 Å². The second-order valence-electron chi connectivity index (χ2n) is 7.91. The Morgan fingerprint density at radius 2 is 2.10 bits per heavy atom. The molecule has 154 valence electrons. The highest BCUT2D eigenvalue weighted by Crippen LogP contribution is 2.46. The van der Waals surface area contributed by atoms with Crippen molar-refractivity contribution in [3.8, 4) is 0 Å². The number of hydrogen-bond donors (Lipinski definition) is 0. The number of carbonyl (C=O) groups is 1. The lowest BCUT2D eigenvalue weighted by atomic mass is 9.89. The van der Waals surface area contributed by atoms with Crippen LogP contribution >= 0.6 is 0 Å². The molecule has 1 amide bonds. The SMILES string of the molecule is CCn1ccc(C(=O)N2C[C@@H]3CN(c4cnccn4)C[C@@H]3[C@@H]2c2cccc(F)c2)n1. The van der Waals surface area contributed by atoms with Crippen LogP contribution in [0, 0.1) is 17.7 Å². The van der Waals surface area contributed by atoms with E-state index in [1.165, 1.54) is 6.07 Å². The molecule has 8 heteroatoms. The number of nitrogens with zero attached hydrogens (tertiary/aromatic N) is 6. The van der Waals surface area contributed by atoms with Gasteiger partial charge in [0.2, 0.25) is 0 Å². The van der Waals surface area contributed by atoms with Crippen LogP contribution < -0.4 is 4.90 Å². The van der Waals surface area contributed by atoms with Crippen molar-refractivity contribution >= 4 is 11.7 Å². The molecule has 4 heterocycles. The Balaban J connectivity index is 1.47. The third-order valence-electron chi connectivity index (χ3n) is 6.17. The number of aromatic nitrogens is 4. The van der Waals surface area contributed by atoms with E-state index < -0.39 is 0 Å². The van der Waals surface area contributed by atoms with Crippen LogP contribution in [0.4, 0.5) is 10.2 Å². The number of aryl methyl sites for hydroxylation is 1. The Kier molecular flexibility index (Phi) is 4.69. The lowest BCUT2D eigenvalue weighted by molar-refractivity contribution is 0.0708. The highest BCUT2D eigenvalue weighted by Gasteiger charge is 2.49. The summed E-state index contributed by atoms with van der Waals surface area (Å²) in [5, 5.41) is 4.40. The van der Waals surface area contributed by atoms with E-state index in [1.807, 2.05) is 24.1 Å². The first kappa shape index (κ1) is 18.7. The van der Waals surface area contributed by atoms with Crippen LogP contribution in [0.1, 0.15) is 29.0 Å². The van der Waals surface area contributed by atoms with Gasteiger partial charge in [-0.05, 0) is 30.7 Å². The zero-order chi connectivity index (χ0) is 20.7. The molecule has 5 rings (SSSR count). The Labute approximate surface area is 174 Å². The zero-order valence-corrected chi connectivity index (χ0v) is 16.7. The molecule has 0 bridgehead atoms. The molecule has 1 aromatic carbocycles. The molecule has 0 radical (unpaired) electrons. The Hall–Kier alpha value is -3.29. The maximum Gasteiger partial charge on any atom is 0.274 e. The predicted molar refractivity (Wildman–Crippen MR) is 109 cm³/mol. The van der Waals surface area contributed by atoms with E-state index >= 15 is 0 Å². The van der Waals surface area contributed by atoms with Crippen molar-refractivity contribution in [1.29, 1.82) is 0 Å². The van der Waals surface area contributed by atoms with Crippen molar-refractivity contribution in [3.05, 3.63) is 72.2 Å². The van der Waals surface area contributed by atoms with E-state index in [-0.39, 0.29) is 29.6 Å². The Bertz CT molecular complexity index is 1050. The third-order valence-corrected chi connectivity index (χ3v) is 6.17. The van der Waals surface area contributed by atoms with Crippen molar-refractivity contribution in [2.75, 3.05) is 24.5 Å². The van der Waals surface area contributed by atoms with E-state index in [0.29, 0.717) is 18.8 Å². The smallest absolute Gasteiger partial charge is 0.274 e. The van der Waals surface area contributed by atoms with Gasteiger partial charge in [0.05, 0.1) is 12.2 Å². The van der Waals surface area contributed by atoms with Crippen LogP contribution in [0.15, 0.2) is 55.1 Å². The van der Waals surface area contributed by atoms with Gasteiger partial charge in [0, 0.05) is 56.6 Å². The molecule has 0 aliphatic carbocycles. The number of fused-ring (bicyclic) bond motifs is 1. The summed E-state index contributed by atoms with van der Waals surface area (Å²) in [6.45, 7) is 4.84. The van der Waals surface area contributed by atoms with Crippen molar-refractivity contribution < 1.29 is 9.18 Å². The molecule has 2 aliphatic rings. The van der Waals surface area contributed by atoms with Gasteiger partial charge in [-0.3, -0.25) is 14.5 Å². The Morgan fingerprint density at radius 1 is 1.20 bits per heavy atom. The summed E-state index contributed by atoms with van der Waals surface area (Å²) in [7, 11) is 0. The van der Waals surface area contributed by atoms with Crippen LogP contribution in [-0.4, -0.2) is 50.2 Å². The Morgan fingerprint density at radius 3 is 2.83 bits per heavy atom. The standard InChI is InChI=1S/C22H23FN6O/c1-2-28-9-6-19(26-28)22(30)29-13-16-12-27(20-11-24-7-8-25-20)14-18(16)21(29)15-4-3-5-17(23)10-15/h3-11,16,18,21H,2,12-14H2,1H3/t16-,18-,21-/m0/s1. The first-order valence-electron chi connectivity index (χ1n) is 10.2. The van der Waals surface area contributed by atoms with Gasteiger partial charge in [-0.15, -0.1) is 0 Å². The average Bonchev–Trinajstić information content (AvgIpc) is 3.48. The lowest BCUT2D eigenvalue weighted by Gasteiger charge is -2.29. The number of anilines is 1. The molecule has 2 fully saturated rings. The molecule has 0 saturated carbocycles. The molecular weight excluding hydrogens is 383 g/mol. The van der Waals surface area contributed by atoms with Crippen LogP contribution in [0.5, 0.6) is 0 Å². The van der Waals surface area contributed by atoms with Gasteiger partial charge in [-0.1, -0.05) is 12.1 Å². The minimum absolute atomic E-state index is 0.100. The number of likely N-dealkylation sites (tertiary alicyclic amines) is 1. The molecule has 0 N–H and O–H groups in total. The maximum atomic E-state index is 14.1. The van der Waals surface area contributed by atoms with Crippen molar-refractivity contribution in [1.82, 2.24) is 24.6 Å². The van der Waals surface area contributed by atoms with Crippen LogP contribution in [0.25, 0.3) is 0 Å². The number of carbonyl (C=O) groups excluding carboxylic acids is 1. The highest BCUT2D eigenvalue weighted by molar-refractivity contribution is 5.92. The van der Waals surface area contributed by atoms with Gasteiger partial charge < -0.3 is 9.80 Å². The van der Waals surface area contributed by atoms with Gasteiger partial charge in [0.25, 0.3) is 5.91 Å². The van der Waals surface area contributed by atoms with Gasteiger partial charge in [0.1, 0.15) is 17.3 Å². The fraction of sp³-hybridized carbons (Fsp3) is 0.364. The fourth-order valence-corrected chi connectivity index (χ4v) is 4.81.